The highest BCUT2D eigenvalue weighted by molar-refractivity contribution is 6.97. The van der Waals surface area contributed by atoms with Gasteiger partial charge in [0.05, 0.1) is 11.2 Å². The van der Waals surface area contributed by atoms with E-state index >= 15 is 0 Å². The Hall–Kier alpha value is -4.66. The number of fused-ring (bicyclic) bond motifs is 1. The van der Waals surface area contributed by atoms with Crippen LogP contribution in [0.3, 0.4) is 0 Å². The van der Waals surface area contributed by atoms with Gasteiger partial charge in [-0.15, -0.1) is 0 Å². The van der Waals surface area contributed by atoms with Crippen LogP contribution in [-0.4, -0.2) is 42.4 Å². The molecule has 0 spiro atoms. The molecule has 0 amide bonds. The molecular weight excluding hydrogens is 620 g/mol. The first-order valence-electron chi connectivity index (χ1n) is 16.8. The summed E-state index contributed by atoms with van der Waals surface area (Å²) in [6.07, 6.45) is 6.70. The minimum Gasteiger partial charge on any atom is -0.456 e. The molecule has 2 atom stereocenters. The van der Waals surface area contributed by atoms with Crippen molar-refractivity contribution >= 4 is 42.5 Å². The van der Waals surface area contributed by atoms with E-state index in [-0.39, 0.29) is 17.7 Å². The van der Waals surface area contributed by atoms with Gasteiger partial charge in [-0.05, 0) is 83.2 Å². The van der Waals surface area contributed by atoms with Crippen molar-refractivity contribution in [2.45, 2.75) is 70.6 Å². The Kier molecular flexibility index (Phi) is 10.1. The summed E-state index contributed by atoms with van der Waals surface area (Å²) in [5.74, 6) is -0.620. The molecule has 1 fully saturated rings. The number of cyclic esters (lactones) is 1. The van der Waals surface area contributed by atoms with Gasteiger partial charge in [-0.3, -0.25) is 4.79 Å². The molecule has 0 N–H and O–H groups in total. The smallest absolute Gasteiger partial charge is 0.334 e. The lowest BCUT2D eigenvalue weighted by atomic mass is 9.92. The van der Waals surface area contributed by atoms with Crippen molar-refractivity contribution in [3.63, 3.8) is 0 Å². The fourth-order valence-corrected chi connectivity index (χ4v) is 11.1. The number of carbonyl (C=O) groups is 2. The summed E-state index contributed by atoms with van der Waals surface area (Å²) in [5.41, 5.74) is 4.42. The number of aromatic nitrogens is 2. The molecule has 1 saturated heterocycles. The summed E-state index contributed by atoms with van der Waals surface area (Å²) in [6, 6.07) is 31.4. The highest BCUT2D eigenvalue weighted by atomic mass is 28.4. The predicted molar refractivity (Wildman–Crippen MR) is 191 cm³/mol. The Morgan fingerprint density at radius 2 is 1.62 bits per heavy atom. The molecule has 246 valence electrons. The zero-order valence-electron chi connectivity index (χ0n) is 27.6. The maximum Gasteiger partial charge on any atom is 0.334 e. The van der Waals surface area contributed by atoms with Crippen LogP contribution >= 0.6 is 0 Å². The van der Waals surface area contributed by atoms with Crippen molar-refractivity contribution in [3.05, 3.63) is 126 Å². The first-order chi connectivity index (χ1) is 23.3. The second kappa shape index (κ2) is 14.6. The van der Waals surface area contributed by atoms with E-state index in [2.05, 4.69) is 45.0 Å². The lowest BCUT2D eigenvalue weighted by Crippen LogP contribution is -2.63. The minimum atomic E-state index is -2.77. The molecule has 2 aromatic heterocycles. The molecule has 0 radical (unpaired) electrons. The number of halogens is 1. The van der Waals surface area contributed by atoms with Gasteiger partial charge in [-0.25, -0.2) is 13.7 Å². The number of carbonyl (C=O) groups excluding carboxylic acids is 2. The van der Waals surface area contributed by atoms with E-state index in [0.29, 0.717) is 24.2 Å². The van der Waals surface area contributed by atoms with Gasteiger partial charge in [0, 0.05) is 11.1 Å². The Labute approximate surface area is 282 Å². The van der Waals surface area contributed by atoms with Gasteiger partial charge in [0.25, 0.3) is 8.32 Å². The Morgan fingerprint density at radius 3 is 2.21 bits per heavy atom. The Bertz CT molecular complexity index is 1870. The maximum absolute atomic E-state index is 13.9. The molecule has 0 aliphatic carbocycles. The molecule has 1 aliphatic rings. The van der Waals surface area contributed by atoms with E-state index in [0.717, 1.165) is 57.8 Å². The lowest BCUT2D eigenvalue weighted by molar-refractivity contribution is -0.161. The van der Waals surface area contributed by atoms with Crippen LogP contribution in [-0.2, 0) is 14.0 Å². The molecule has 0 bridgehead atoms. The lowest BCUT2D eigenvalue weighted by Gasteiger charge is -2.37. The van der Waals surface area contributed by atoms with E-state index in [9.17, 15) is 14.0 Å². The van der Waals surface area contributed by atoms with Gasteiger partial charge in [-0.2, -0.15) is 5.10 Å². The number of unbranched alkanes of at least 4 members (excludes halogenated alkanes) is 1. The molecule has 5 aromatic rings. The number of ether oxygens (including phenoxy) is 1. The zero-order valence-corrected chi connectivity index (χ0v) is 28.6. The van der Waals surface area contributed by atoms with Crippen molar-refractivity contribution < 1.29 is 23.1 Å². The van der Waals surface area contributed by atoms with E-state index in [1.54, 1.807) is 22.7 Å². The van der Waals surface area contributed by atoms with Crippen LogP contribution in [0, 0.1) is 5.82 Å². The highest BCUT2D eigenvalue weighted by Gasteiger charge is 2.44. The van der Waals surface area contributed by atoms with Gasteiger partial charge in [0.15, 0.2) is 6.29 Å². The summed E-state index contributed by atoms with van der Waals surface area (Å²) >= 11 is 0. The summed E-state index contributed by atoms with van der Waals surface area (Å²) in [5, 5.41) is 7.16. The van der Waals surface area contributed by atoms with Crippen molar-refractivity contribution in [1.82, 2.24) is 9.61 Å². The second-order valence-electron chi connectivity index (χ2n) is 12.7. The molecule has 3 aromatic carbocycles. The molecule has 3 heterocycles. The molecule has 6 nitrogen and oxygen atoms in total. The zero-order chi connectivity index (χ0) is 33.7. The number of hydrogen-bond acceptors (Lipinski definition) is 5. The number of benzene rings is 3. The fraction of sp³-hybridized carbons (Fsp3) is 0.275. The van der Waals surface area contributed by atoms with Crippen LogP contribution in [0.25, 0.3) is 22.9 Å². The van der Waals surface area contributed by atoms with Crippen LogP contribution in [0.1, 0.15) is 74.0 Å². The van der Waals surface area contributed by atoms with E-state index < -0.39 is 20.5 Å². The predicted octanol–water partition coefficient (Wildman–Crippen LogP) is 7.74. The largest absolute Gasteiger partial charge is 0.456 e. The summed E-state index contributed by atoms with van der Waals surface area (Å²) in [7, 11) is -2.77. The van der Waals surface area contributed by atoms with E-state index in [1.807, 2.05) is 54.6 Å². The third-order valence-electron chi connectivity index (χ3n) is 9.15. The first-order valence-corrected chi connectivity index (χ1v) is 18.9. The molecule has 1 aliphatic heterocycles. The van der Waals surface area contributed by atoms with Crippen molar-refractivity contribution in [2.75, 3.05) is 0 Å². The minimum absolute atomic E-state index is 0.0765. The first kappa shape index (κ1) is 33.2. The highest BCUT2D eigenvalue weighted by Crippen LogP contribution is 2.34. The number of rotatable bonds is 12. The Morgan fingerprint density at radius 1 is 0.958 bits per heavy atom. The summed E-state index contributed by atoms with van der Waals surface area (Å²) in [6.45, 7) is 6.36. The van der Waals surface area contributed by atoms with Crippen molar-refractivity contribution in [3.8, 4) is 11.3 Å². The van der Waals surface area contributed by atoms with Crippen LogP contribution < -0.4 is 10.4 Å². The van der Waals surface area contributed by atoms with Crippen LogP contribution in [0.4, 0.5) is 4.39 Å². The fourth-order valence-electron chi connectivity index (χ4n) is 6.76. The van der Waals surface area contributed by atoms with Gasteiger partial charge < -0.3 is 9.16 Å². The quantitative estimate of drug-likeness (QED) is 0.0778. The topological polar surface area (TPSA) is 69.9 Å². The van der Waals surface area contributed by atoms with Crippen LogP contribution in [0.2, 0.25) is 6.04 Å². The van der Waals surface area contributed by atoms with Crippen molar-refractivity contribution in [1.29, 1.82) is 0 Å². The van der Waals surface area contributed by atoms with Gasteiger partial charge in [0.2, 0.25) is 0 Å². The average Bonchev–Trinajstić information content (AvgIpc) is 3.53. The van der Waals surface area contributed by atoms with Crippen molar-refractivity contribution in [2.24, 2.45) is 0 Å². The Balaban J connectivity index is 1.32. The van der Waals surface area contributed by atoms with Crippen LogP contribution in [0.15, 0.2) is 103 Å². The van der Waals surface area contributed by atoms with E-state index in [1.165, 1.54) is 12.1 Å². The maximum atomic E-state index is 13.9. The number of hydrogen-bond donors (Lipinski definition) is 0. The monoisotopic (exact) mass is 660 g/mol. The molecule has 8 heteroatoms. The molecule has 0 saturated carbocycles. The molecule has 2 unspecified atom stereocenters. The van der Waals surface area contributed by atoms with Gasteiger partial charge in [-0.1, -0.05) is 100 Å². The molecule has 48 heavy (non-hydrogen) atoms. The third kappa shape index (κ3) is 6.68. The number of esters is 1. The van der Waals surface area contributed by atoms with Gasteiger partial charge >= 0.3 is 5.97 Å². The average molecular weight is 661 g/mol. The third-order valence-corrected chi connectivity index (χ3v) is 13.4. The SMILES string of the molecule is CCCC[Si](OC1CCC(C=Cc2c(-c3ccc(F)cc3)nn3c(C=O)ccc3c2C(C)C)OC1=O)(c1ccccc1)c1ccccc1. The molecular formula is C40H41FN2O4Si. The van der Waals surface area contributed by atoms with E-state index in [4.69, 9.17) is 14.3 Å². The number of aldehydes is 1. The standard InChI is InChI=1S/C40H41FN2O4Si/c1-4-5-26-48(33-12-8-6-9-13-33,34-14-10-7-11-15-34)47-37-25-22-32(46-40(37)45)21-23-35-38(28(2)3)36-24-20-31(27-44)43(36)42-39(35)29-16-18-30(41)19-17-29/h6-21,23-24,27-28,32,37H,4-5,22,25-26H2,1-3H3. The normalized spacial score (nSPS) is 16.9. The molecule has 6 rings (SSSR count). The number of nitrogens with zero attached hydrogens (tertiary/aromatic N) is 2. The van der Waals surface area contributed by atoms with Crippen LogP contribution in [0.5, 0.6) is 0 Å². The van der Waals surface area contributed by atoms with Gasteiger partial charge in [0.1, 0.15) is 23.7 Å². The summed E-state index contributed by atoms with van der Waals surface area (Å²) < 4.78 is 28.7. The second-order valence-corrected chi connectivity index (χ2v) is 16.2. The summed E-state index contributed by atoms with van der Waals surface area (Å²) in [4.78, 5) is 25.5.